The van der Waals surface area contributed by atoms with Crippen molar-refractivity contribution >= 4 is 17.3 Å². The highest BCUT2D eigenvalue weighted by atomic mass is 16.1. The lowest BCUT2D eigenvalue weighted by Gasteiger charge is -2.28. The Hall–Kier alpha value is -2.49. The van der Waals surface area contributed by atoms with Crippen molar-refractivity contribution in [2.24, 2.45) is 5.73 Å². The van der Waals surface area contributed by atoms with Gasteiger partial charge in [-0.05, 0) is 42.5 Å². The van der Waals surface area contributed by atoms with Crippen LogP contribution in [0.25, 0.3) is 0 Å². The number of aryl methyl sites for hydroxylation is 1. The quantitative estimate of drug-likeness (QED) is 0.757. The first-order valence-electron chi connectivity index (χ1n) is 7.19. The van der Waals surface area contributed by atoms with Crippen LogP contribution in [0.3, 0.4) is 0 Å². The molecular weight excluding hydrogens is 262 g/mol. The maximum atomic E-state index is 11.6. The molecular formula is C17H19N3O. The minimum Gasteiger partial charge on any atom is -0.397 e. The zero-order valence-electron chi connectivity index (χ0n) is 11.8. The summed E-state index contributed by atoms with van der Waals surface area (Å²) in [4.78, 5) is 11.6. The monoisotopic (exact) mass is 281 g/mol. The minimum absolute atomic E-state index is 0.165. The van der Waals surface area contributed by atoms with Crippen molar-refractivity contribution < 1.29 is 4.79 Å². The predicted molar refractivity (Wildman–Crippen MR) is 85.1 cm³/mol. The molecule has 1 unspecified atom stereocenters. The number of benzene rings is 2. The highest BCUT2D eigenvalue weighted by Crippen LogP contribution is 2.35. The molecule has 0 saturated carbocycles. The number of hydrogen-bond donors (Lipinski definition) is 3. The number of anilines is 2. The van der Waals surface area contributed by atoms with Gasteiger partial charge in [0.15, 0.2) is 0 Å². The van der Waals surface area contributed by atoms with Crippen molar-refractivity contribution in [3.63, 3.8) is 0 Å². The Morgan fingerprint density at radius 2 is 1.95 bits per heavy atom. The first kappa shape index (κ1) is 13.5. The number of primary amides is 1. The van der Waals surface area contributed by atoms with E-state index in [0.29, 0.717) is 16.9 Å². The topological polar surface area (TPSA) is 81.1 Å². The number of rotatable bonds is 3. The normalized spacial score (nSPS) is 17.0. The molecule has 0 fully saturated rings. The van der Waals surface area contributed by atoms with E-state index in [1.165, 1.54) is 11.1 Å². The van der Waals surface area contributed by atoms with E-state index in [9.17, 15) is 4.79 Å². The molecule has 1 amide bonds. The molecule has 0 spiro atoms. The fraction of sp³-hybridized carbons (Fsp3) is 0.235. The molecule has 1 aliphatic rings. The van der Waals surface area contributed by atoms with Crippen LogP contribution in [0.2, 0.25) is 0 Å². The van der Waals surface area contributed by atoms with Gasteiger partial charge >= 0.3 is 0 Å². The number of nitrogens with one attached hydrogen (secondary N) is 1. The number of fused-ring (bicyclic) bond motifs is 1. The van der Waals surface area contributed by atoms with Crippen molar-refractivity contribution in [1.29, 1.82) is 0 Å². The number of nitrogen functional groups attached to an aromatic ring is 1. The molecule has 0 radical (unpaired) electrons. The third kappa shape index (κ3) is 2.57. The zero-order valence-corrected chi connectivity index (χ0v) is 11.8. The lowest BCUT2D eigenvalue weighted by molar-refractivity contribution is 0.100. The maximum Gasteiger partial charge on any atom is 0.250 e. The van der Waals surface area contributed by atoms with Crippen LogP contribution in [-0.2, 0) is 6.42 Å². The van der Waals surface area contributed by atoms with E-state index in [1.54, 1.807) is 18.2 Å². The first-order chi connectivity index (χ1) is 10.2. The van der Waals surface area contributed by atoms with E-state index in [0.717, 1.165) is 19.3 Å². The number of carbonyl (C=O) groups is 1. The van der Waals surface area contributed by atoms with E-state index in [1.807, 2.05) is 6.07 Å². The van der Waals surface area contributed by atoms with E-state index in [-0.39, 0.29) is 6.04 Å². The first-order valence-corrected chi connectivity index (χ1v) is 7.19. The summed E-state index contributed by atoms with van der Waals surface area (Å²) in [5, 5.41) is 3.43. The summed E-state index contributed by atoms with van der Waals surface area (Å²) in [5.41, 5.74) is 15.8. The molecule has 3 rings (SSSR count). The van der Waals surface area contributed by atoms with E-state index in [2.05, 4.69) is 23.5 Å². The van der Waals surface area contributed by atoms with Gasteiger partial charge in [0.25, 0.3) is 5.91 Å². The fourth-order valence-electron chi connectivity index (χ4n) is 3.01. The molecule has 4 heteroatoms. The van der Waals surface area contributed by atoms with Gasteiger partial charge in [-0.2, -0.15) is 0 Å². The highest BCUT2D eigenvalue weighted by molar-refractivity contribution is 6.01. The second kappa shape index (κ2) is 5.48. The predicted octanol–water partition coefficient (Wildman–Crippen LogP) is 2.86. The van der Waals surface area contributed by atoms with Crippen LogP contribution in [0.1, 0.15) is 40.4 Å². The molecule has 0 aliphatic heterocycles. The van der Waals surface area contributed by atoms with Crippen LogP contribution in [-0.4, -0.2) is 5.91 Å². The standard InChI is InChI=1S/C17H19N3O/c18-14-9-4-8-13(17(19)21)16(14)20-15-10-3-6-11-5-1-2-7-12(11)15/h1-2,4-5,7-9,15,20H,3,6,10,18H2,(H2,19,21). The van der Waals surface area contributed by atoms with Gasteiger partial charge in [0.1, 0.15) is 0 Å². The van der Waals surface area contributed by atoms with Crippen molar-refractivity contribution in [2.45, 2.75) is 25.3 Å². The Morgan fingerprint density at radius 1 is 1.14 bits per heavy atom. The summed E-state index contributed by atoms with van der Waals surface area (Å²) in [7, 11) is 0. The Balaban J connectivity index is 1.97. The summed E-state index contributed by atoms with van der Waals surface area (Å²) < 4.78 is 0. The molecule has 21 heavy (non-hydrogen) atoms. The lowest BCUT2D eigenvalue weighted by atomic mass is 9.87. The number of carbonyl (C=O) groups excluding carboxylic acids is 1. The molecule has 2 aromatic carbocycles. The zero-order chi connectivity index (χ0) is 14.8. The number of nitrogens with two attached hydrogens (primary N) is 2. The highest BCUT2D eigenvalue weighted by Gasteiger charge is 2.22. The number of amides is 1. The molecule has 0 heterocycles. The van der Waals surface area contributed by atoms with Gasteiger partial charge in [0.05, 0.1) is 23.0 Å². The summed E-state index contributed by atoms with van der Waals surface area (Å²) in [6.45, 7) is 0. The van der Waals surface area contributed by atoms with Gasteiger partial charge in [0, 0.05) is 0 Å². The summed E-state index contributed by atoms with van der Waals surface area (Å²) >= 11 is 0. The number of hydrogen-bond acceptors (Lipinski definition) is 3. The third-order valence-electron chi connectivity index (χ3n) is 4.05. The maximum absolute atomic E-state index is 11.6. The van der Waals surface area contributed by atoms with E-state index in [4.69, 9.17) is 11.5 Å². The smallest absolute Gasteiger partial charge is 0.250 e. The summed E-state index contributed by atoms with van der Waals surface area (Å²) in [6, 6.07) is 13.8. The molecule has 108 valence electrons. The van der Waals surface area contributed by atoms with Gasteiger partial charge in [-0.15, -0.1) is 0 Å². The molecule has 0 bridgehead atoms. The van der Waals surface area contributed by atoms with E-state index >= 15 is 0 Å². The Kier molecular flexibility index (Phi) is 3.52. The van der Waals surface area contributed by atoms with Crippen LogP contribution < -0.4 is 16.8 Å². The second-order valence-electron chi connectivity index (χ2n) is 5.42. The van der Waals surface area contributed by atoms with Crippen molar-refractivity contribution in [3.8, 4) is 0 Å². The van der Waals surface area contributed by atoms with Gasteiger partial charge in [0.2, 0.25) is 0 Å². The third-order valence-corrected chi connectivity index (χ3v) is 4.05. The van der Waals surface area contributed by atoms with Gasteiger partial charge in [-0.1, -0.05) is 30.3 Å². The summed E-state index contributed by atoms with van der Waals surface area (Å²) in [6.07, 6.45) is 3.23. The average Bonchev–Trinajstić information content (AvgIpc) is 2.49. The summed E-state index contributed by atoms with van der Waals surface area (Å²) in [5.74, 6) is -0.464. The molecule has 0 saturated heterocycles. The second-order valence-corrected chi connectivity index (χ2v) is 5.42. The van der Waals surface area contributed by atoms with E-state index < -0.39 is 5.91 Å². The minimum atomic E-state index is -0.464. The molecule has 1 aliphatic carbocycles. The molecule has 4 nitrogen and oxygen atoms in total. The fourth-order valence-corrected chi connectivity index (χ4v) is 3.01. The van der Waals surface area contributed by atoms with Crippen molar-refractivity contribution in [1.82, 2.24) is 0 Å². The molecule has 2 aromatic rings. The van der Waals surface area contributed by atoms with Gasteiger partial charge in [-0.3, -0.25) is 4.79 Å². The number of para-hydroxylation sites is 1. The Labute approximate surface area is 124 Å². The van der Waals surface area contributed by atoms with Gasteiger partial charge in [-0.25, -0.2) is 0 Å². The van der Waals surface area contributed by atoms with Crippen LogP contribution in [0.4, 0.5) is 11.4 Å². The van der Waals surface area contributed by atoms with Crippen LogP contribution in [0, 0.1) is 0 Å². The van der Waals surface area contributed by atoms with Crippen LogP contribution >= 0.6 is 0 Å². The van der Waals surface area contributed by atoms with Crippen LogP contribution in [0.15, 0.2) is 42.5 Å². The largest absolute Gasteiger partial charge is 0.397 e. The Bertz CT molecular complexity index is 681. The average molecular weight is 281 g/mol. The van der Waals surface area contributed by atoms with Crippen molar-refractivity contribution in [2.75, 3.05) is 11.1 Å². The van der Waals surface area contributed by atoms with Crippen molar-refractivity contribution in [3.05, 3.63) is 59.2 Å². The van der Waals surface area contributed by atoms with Crippen LogP contribution in [0.5, 0.6) is 0 Å². The SMILES string of the molecule is NC(=O)c1cccc(N)c1NC1CCCc2ccccc21. The van der Waals surface area contributed by atoms with Gasteiger partial charge < -0.3 is 16.8 Å². The Morgan fingerprint density at radius 3 is 2.76 bits per heavy atom. The molecule has 0 aromatic heterocycles. The lowest BCUT2D eigenvalue weighted by Crippen LogP contribution is -2.21. The molecule has 5 N–H and O–H groups in total. The molecule has 1 atom stereocenters.